The summed E-state index contributed by atoms with van der Waals surface area (Å²) >= 11 is 6.96. The molecule has 1 amide bonds. The molecule has 1 N–H and O–H groups in total. The summed E-state index contributed by atoms with van der Waals surface area (Å²) in [7, 11) is 1.26. The van der Waals surface area contributed by atoms with Gasteiger partial charge in [-0.25, -0.2) is 4.79 Å². The zero-order valence-corrected chi connectivity index (χ0v) is 17.0. The number of ether oxygens (including phenoxy) is 1. The summed E-state index contributed by atoms with van der Waals surface area (Å²) in [5.41, 5.74) is 2.34. The number of methoxy groups -OCH3 is 1. The molecule has 0 atom stereocenters. The van der Waals surface area contributed by atoms with Crippen molar-refractivity contribution >= 4 is 45.5 Å². The Labute approximate surface area is 175 Å². The first-order valence-corrected chi connectivity index (χ1v) is 9.59. The summed E-state index contributed by atoms with van der Waals surface area (Å²) in [6.07, 6.45) is 0. The normalized spacial score (nSPS) is 10.4. The Morgan fingerprint density at radius 1 is 1.21 bits per heavy atom. The number of aryl methyl sites for hydroxylation is 1. The summed E-state index contributed by atoms with van der Waals surface area (Å²) in [5, 5.41) is 15.7. The van der Waals surface area contributed by atoms with E-state index in [1.165, 1.54) is 19.2 Å². The predicted octanol–water partition coefficient (Wildman–Crippen LogP) is 5.32. The van der Waals surface area contributed by atoms with Crippen LogP contribution in [0.15, 0.2) is 47.8 Å². The van der Waals surface area contributed by atoms with Crippen LogP contribution in [0.5, 0.6) is 0 Å². The van der Waals surface area contributed by atoms with E-state index in [-0.39, 0.29) is 26.8 Å². The van der Waals surface area contributed by atoms with Crippen molar-refractivity contribution in [2.45, 2.75) is 6.92 Å². The third kappa shape index (κ3) is 4.28. The van der Waals surface area contributed by atoms with Crippen LogP contribution in [0.4, 0.5) is 10.7 Å². The molecule has 0 saturated heterocycles. The highest BCUT2D eigenvalue weighted by Crippen LogP contribution is 2.37. The number of rotatable bonds is 5. The van der Waals surface area contributed by atoms with E-state index in [0.717, 1.165) is 28.5 Å². The smallest absolute Gasteiger partial charge is 0.341 e. The summed E-state index contributed by atoms with van der Waals surface area (Å²) < 4.78 is 4.89. The fourth-order valence-electron chi connectivity index (χ4n) is 2.75. The molecule has 3 aromatic rings. The molecule has 0 aliphatic carbocycles. The maximum Gasteiger partial charge on any atom is 0.341 e. The maximum absolute atomic E-state index is 12.6. The number of nitrogens with zero attached hydrogens (tertiary/aromatic N) is 1. The molecule has 148 valence electrons. The molecule has 7 nitrogen and oxygen atoms in total. The average Bonchev–Trinajstić information content (AvgIpc) is 3.11. The zero-order chi connectivity index (χ0) is 21.1. The number of benzene rings is 2. The van der Waals surface area contributed by atoms with Crippen LogP contribution in [-0.2, 0) is 4.74 Å². The number of carbonyl (C=O) groups is 2. The van der Waals surface area contributed by atoms with Crippen molar-refractivity contribution in [2.75, 3.05) is 12.4 Å². The second-order valence-corrected chi connectivity index (χ2v) is 7.38. The molecule has 0 radical (unpaired) electrons. The number of esters is 1. The van der Waals surface area contributed by atoms with Gasteiger partial charge in [0.05, 0.1) is 12.0 Å². The van der Waals surface area contributed by atoms with Crippen molar-refractivity contribution in [3.63, 3.8) is 0 Å². The Balaban J connectivity index is 1.99. The first kappa shape index (κ1) is 20.5. The van der Waals surface area contributed by atoms with Crippen LogP contribution >= 0.6 is 22.9 Å². The highest BCUT2D eigenvalue weighted by atomic mass is 35.5. The number of amides is 1. The summed E-state index contributed by atoms with van der Waals surface area (Å²) in [6, 6.07) is 11.3. The molecule has 0 bridgehead atoms. The molecule has 29 heavy (non-hydrogen) atoms. The summed E-state index contributed by atoms with van der Waals surface area (Å²) in [6.45, 7) is 1.93. The second-order valence-electron chi connectivity index (χ2n) is 6.09. The van der Waals surface area contributed by atoms with Gasteiger partial charge in [0.2, 0.25) is 0 Å². The van der Waals surface area contributed by atoms with Crippen molar-refractivity contribution in [1.29, 1.82) is 0 Å². The Morgan fingerprint density at radius 2 is 1.97 bits per heavy atom. The second kappa shape index (κ2) is 8.42. The Hall–Kier alpha value is -3.23. The van der Waals surface area contributed by atoms with Gasteiger partial charge in [0, 0.05) is 22.6 Å². The van der Waals surface area contributed by atoms with Crippen molar-refractivity contribution < 1.29 is 19.2 Å². The number of hydrogen-bond acceptors (Lipinski definition) is 6. The molecule has 1 heterocycles. The molecule has 0 aliphatic heterocycles. The molecule has 0 spiro atoms. The van der Waals surface area contributed by atoms with Gasteiger partial charge < -0.3 is 10.1 Å². The van der Waals surface area contributed by atoms with Crippen molar-refractivity contribution in [3.8, 4) is 11.1 Å². The fourth-order valence-corrected chi connectivity index (χ4v) is 3.89. The third-order valence-electron chi connectivity index (χ3n) is 4.14. The molecule has 2 aromatic carbocycles. The molecule has 0 fully saturated rings. The molecule has 1 aromatic heterocycles. The zero-order valence-electron chi connectivity index (χ0n) is 15.4. The van der Waals surface area contributed by atoms with E-state index in [1.807, 2.05) is 31.2 Å². The van der Waals surface area contributed by atoms with E-state index in [2.05, 4.69) is 5.32 Å². The number of nitro benzene ring substituents is 1. The quantitative estimate of drug-likeness (QED) is 0.335. The topological polar surface area (TPSA) is 98.5 Å². The predicted molar refractivity (Wildman–Crippen MR) is 112 cm³/mol. The standard InChI is InChI=1S/C20H15ClN2O5S/c1-11-4-3-5-12(8-11)14-10-29-19(17(14)20(25)28-2)22-18(24)13-6-7-15(21)16(9-13)23(26)27/h3-10H,1-2H3,(H,22,24). The molecular formula is C20H15ClN2O5S. The van der Waals surface area contributed by atoms with E-state index in [1.54, 1.807) is 5.38 Å². The molecule has 0 unspecified atom stereocenters. The fraction of sp³-hybridized carbons (Fsp3) is 0.100. The minimum absolute atomic E-state index is 0.0439. The van der Waals surface area contributed by atoms with Crippen LogP contribution in [0, 0.1) is 17.0 Å². The lowest BCUT2D eigenvalue weighted by atomic mass is 10.0. The lowest BCUT2D eigenvalue weighted by Gasteiger charge is -2.08. The first-order valence-electron chi connectivity index (χ1n) is 8.34. The lowest BCUT2D eigenvalue weighted by molar-refractivity contribution is -0.384. The van der Waals surface area contributed by atoms with Crippen molar-refractivity contribution in [3.05, 3.63) is 79.7 Å². The largest absolute Gasteiger partial charge is 0.465 e. The van der Waals surface area contributed by atoms with E-state index < -0.39 is 16.8 Å². The van der Waals surface area contributed by atoms with Crippen LogP contribution < -0.4 is 5.32 Å². The Bertz CT molecular complexity index is 1130. The van der Waals surface area contributed by atoms with Gasteiger partial charge in [-0.1, -0.05) is 41.4 Å². The Kier molecular flexibility index (Phi) is 5.95. The van der Waals surface area contributed by atoms with Crippen molar-refractivity contribution in [1.82, 2.24) is 0 Å². The van der Waals surface area contributed by atoms with Crippen LogP contribution in [0.3, 0.4) is 0 Å². The van der Waals surface area contributed by atoms with Crippen LogP contribution in [0.1, 0.15) is 26.3 Å². The van der Waals surface area contributed by atoms with Gasteiger partial charge in [-0.2, -0.15) is 0 Å². The van der Waals surface area contributed by atoms with E-state index in [4.69, 9.17) is 16.3 Å². The molecule has 9 heteroatoms. The van der Waals surface area contributed by atoms with Gasteiger partial charge in [-0.05, 0) is 24.6 Å². The molecule has 0 saturated carbocycles. The minimum atomic E-state index is -0.667. The van der Waals surface area contributed by atoms with Gasteiger partial charge in [0.25, 0.3) is 11.6 Å². The number of nitro groups is 1. The van der Waals surface area contributed by atoms with Gasteiger partial charge >= 0.3 is 5.97 Å². The number of halogens is 1. The van der Waals surface area contributed by atoms with E-state index >= 15 is 0 Å². The van der Waals surface area contributed by atoms with Crippen LogP contribution in [0.25, 0.3) is 11.1 Å². The van der Waals surface area contributed by atoms with Crippen LogP contribution in [-0.4, -0.2) is 23.9 Å². The number of nitrogens with one attached hydrogen (secondary N) is 1. The van der Waals surface area contributed by atoms with E-state index in [0.29, 0.717) is 5.56 Å². The van der Waals surface area contributed by atoms with Gasteiger partial charge in [-0.3, -0.25) is 14.9 Å². The lowest BCUT2D eigenvalue weighted by Crippen LogP contribution is -2.14. The number of thiophene rings is 1. The average molecular weight is 431 g/mol. The molecule has 3 rings (SSSR count). The van der Waals surface area contributed by atoms with Gasteiger partial charge in [0.1, 0.15) is 15.6 Å². The first-order chi connectivity index (χ1) is 13.8. The van der Waals surface area contributed by atoms with E-state index in [9.17, 15) is 19.7 Å². The molecule has 0 aliphatic rings. The Morgan fingerprint density at radius 3 is 2.62 bits per heavy atom. The minimum Gasteiger partial charge on any atom is -0.465 e. The SMILES string of the molecule is COC(=O)c1c(-c2cccc(C)c2)csc1NC(=O)c1ccc(Cl)c([N+](=O)[O-])c1. The summed E-state index contributed by atoms with van der Waals surface area (Å²) in [4.78, 5) is 35.4. The van der Waals surface area contributed by atoms with Crippen LogP contribution in [0.2, 0.25) is 5.02 Å². The summed E-state index contributed by atoms with van der Waals surface area (Å²) in [5.74, 6) is -1.20. The number of carbonyl (C=O) groups excluding carboxylic acids is 2. The number of hydrogen-bond donors (Lipinski definition) is 1. The van der Waals surface area contributed by atoms with Crippen molar-refractivity contribution in [2.24, 2.45) is 0 Å². The van der Waals surface area contributed by atoms with Gasteiger partial charge in [0.15, 0.2) is 0 Å². The number of anilines is 1. The van der Waals surface area contributed by atoms with Gasteiger partial charge in [-0.15, -0.1) is 11.3 Å². The maximum atomic E-state index is 12.6. The third-order valence-corrected chi connectivity index (χ3v) is 5.36. The highest BCUT2D eigenvalue weighted by Gasteiger charge is 2.24. The highest BCUT2D eigenvalue weighted by molar-refractivity contribution is 7.15. The molecular weight excluding hydrogens is 416 g/mol. The monoisotopic (exact) mass is 430 g/mol.